The van der Waals surface area contributed by atoms with Gasteiger partial charge in [0.2, 0.25) is 5.91 Å². The minimum atomic E-state index is -0.332. The number of hydrogen-bond donors (Lipinski definition) is 1. The average molecular weight is 435 g/mol. The number of benzene rings is 2. The van der Waals surface area contributed by atoms with Crippen LogP contribution in [-0.2, 0) is 4.79 Å². The Hall–Kier alpha value is -3.12. The molecule has 1 aromatic heterocycles. The number of fused-ring (bicyclic) bond motifs is 1. The van der Waals surface area contributed by atoms with Crippen LogP contribution in [0.5, 0.6) is 5.75 Å². The lowest BCUT2D eigenvalue weighted by Crippen LogP contribution is -2.38. The van der Waals surface area contributed by atoms with Crippen LogP contribution in [0, 0.1) is 6.92 Å². The van der Waals surface area contributed by atoms with Crippen LogP contribution >= 0.6 is 11.3 Å². The number of nitrogens with zero attached hydrogens (tertiary/aromatic N) is 1. The maximum absolute atomic E-state index is 13.6. The average Bonchev–Trinajstić information content (AvgIpc) is 3.25. The van der Waals surface area contributed by atoms with E-state index in [9.17, 15) is 9.59 Å². The lowest BCUT2D eigenvalue weighted by molar-refractivity contribution is -0.117. The van der Waals surface area contributed by atoms with Gasteiger partial charge in [-0.1, -0.05) is 37.1 Å². The lowest BCUT2D eigenvalue weighted by atomic mass is 9.99. The molecule has 2 heterocycles. The first-order valence-corrected chi connectivity index (χ1v) is 11.4. The van der Waals surface area contributed by atoms with Crippen LogP contribution in [0.3, 0.4) is 0 Å². The van der Waals surface area contributed by atoms with E-state index in [4.69, 9.17) is 4.74 Å². The van der Waals surface area contributed by atoms with Gasteiger partial charge in [0.25, 0.3) is 5.91 Å². The number of carbonyl (C=O) groups excluding carboxylic acids is 2. The van der Waals surface area contributed by atoms with Crippen molar-refractivity contribution in [1.82, 2.24) is 4.90 Å². The number of amides is 2. The van der Waals surface area contributed by atoms with Gasteiger partial charge in [0.15, 0.2) is 0 Å². The van der Waals surface area contributed by atoms with Gasteiger partial charge in [0.1, 0.15) is 12.3 Å². The van der Waals surface area contributed by atoms with E-state index < -0.39 is 0 Å². The largest absolute Gasteiger partial charge is 0.494 e. The third-order valence-electron chi connectivity index (χ3n) is 5.34. The Balaban J connectivity index is 1.69. The molecular weight excluding hydrogens is 408 g/mol. The van der Waals surface area contributed by atoms with Gasteiger partial charge < -0.3 is 15.0 Å². The summed E-state index contributed by atoms with van der Waals surface area (Å²) in [6.45, 7) is 4.78. The highest BCUT2D eigenvalue weighted by Crippen LogP contribution is 2.39. The van der Waals surface area contributed by atoms with E-state index in [1.807, 2.05) is 48.7 Å². The zero-order valence-electron chi connectivity index (χ0n) is 17.8. The van der Waals surface area contributed by atoms with Crippen LogP contribution < -0.4 is 10.1 Å². The van der Waals surface area contributed by atoms with E-state index in [0.717, 1.165) is 40.3 Å². The second kappa shape index (κ2) is 9.35. The Morgan fingerprint density at radius 1 is 1.19 bits per heavy atom. The van der Waals surface area contributed by atoms with E-state index in [1.165, 1.54) is 0 Å². The van der Waals surface area contributed by atoms with Gasteiger partial charge >= 0.3 is 0 Å². The number of hydrogen-bond acceptors (Lipinski definition) is 4. The molecule has 0 saturated heterocycles. The van der Waals surface area contributed by atoms with Crippen molar-refractivity contribution in [3.8, 4) is 5.75 Å². The summed E-state index contributed by atoms with van der Waals surface area (Å²) in [4.78, 5) is 28.9. The van der Waals surface area contributed by atoms with Crippen molar-refractivity contribution in [2.24, 2.45) is 0 Å². The molecule has 0 fully saturated rings. The number of rotatable bonds is 6. The van der Waals surface area contributed by atoms with E-state index in [2.05, 4.69) is 18.3 Å². The molecule has 0 spiro atoms. The standard InChI is InChI=1S/C25H26N2O3S/c1-3-4-13-30-19-10-8-18(9-11-19)25(29)27-16-23(28)26-21-12-7-17(2)15-20(21)24(27)22-6-5-14-31-22/h5-12,14-15,24H,3-4,13,16H2,1-2H3,(H,26,28). The maximum Gasteiger partial charge on any atom is 0.255 e. The molecule has 0 saturated carbocycles. The van der Waals surface area contributed by atoms with Crippen LogP contribution in [0.1, 0.15) is 52.2 Å². The molecule has 5 nitrogen and oxygen atoms in total. The molecule has 4 rings (SSSR count). The molecule has 0 radical (unpaired) electrons. The summed E-state index contributed by atoms with van der Waals surface area (Å²) in [6.07, 6.45) is 2.06. The molecule has 1 aliphatic rings. The Kier molecular flexibility index (Phi) is 6.37. The molecule has 1 aliphatic heterocycles. The molecule has 6 heteroatoms. The summed E-state index contributed by atoms with van der Waals surface area (Å²) in [5.41, 5.74) is 3.30. The van der Waals surface area contributed by atoms with Gasteiger partial charge in [-0.3, -0.25) is 9.59 Å². The fourth-order valence-corrected chi connectivity index (χ4v) is 4.62. The quantitative estimate of drug-likeness (QED) is 0.527. The minimum absolute atomic E-state index is 0.0100. The molecule has 2 amide bonds. The highest BCUT2D eigenvalue weighted by atomic mass is 32.1. The molecule has 31 heavy (non-hydrogen) atoms. The fraction of sp³-hybridized carbons (Fsp3) is 0.280. The molecule has 1 N–H and O–H groups in total. The SMILES string of the molecule is CCCCOc1ccc(C(=O)N2CC(=O)Nc3ccc(C)cc3C2c2cccs2)cc1. The van der Waals surface area contributed by atoms with E-state index in [1.54, 1.807) is 28.4 Å². The highest BCUT2D eigenvalue weighted by Gasteiger charge is 2.34. The second-order valence-electron chi connectivity index (χ2n) is 7.72. The summed E-state index contributed by atoms with van der Waals surface area (Å²) < 4.78 is 5.72. The molecule has 2 aromatic carbocycles. The van der Waals surface area contributed by atoms with Crippen molar-refractivity contribution in [2.45, 2.75) is 32.7 Å². The number of anilines is 1. The second-order valence-corrected chi connectivity index (χ2v) is 8.70. The smallest absolute Gasteiger partial charge is 0.255 e. The fourth-order valence-electron chi connectivity index (χ4n) is 3.76. The summed E-state index contributed by atoms with van der Waals surface area (Å²) in [5, 5.41) is 4.96. The first kappa shape index (κ1) is 21.1. The van der Waals surface area contributed by atoms with Crippen molar-refractivity contribution < 1.29 is 14.3 Å². The summed E-state index contributed by atoms with van der Waals surface area (Å²) in [5.74, 6) is 0.370. The first-order valence-electron chi connectivity index (χ1n) is 10.5. The van der Waals surface area contributed by atoms with Gasteiger partial charge in [0, 0.05) is 21.7 Å². The monoisotopic (exact) mass is 434 g/mol. The van der Waals surface area contributed by atoms with Crippen LogP contribution in [-0.4, -0.2) is 29.9 Å². The van der Waals surface area contributed by atoms with Gasteiger partial charge in [-0.05, 0) is 55.1 Å². The van der Waals surface area contributed by atoms with E-state index in [-0.39, 0.29) is 24.4 Å². The Morgan fingerprint density at radius 2 is 2.00 bits per heavy atom. The topological polar surface area (TPSA) is 58.6 Å². The molecule has 0 bridgehead atoms. The number of ether oxygens (including phenoxy) is 1. The normalized spacial score (nSPS) is 15.7. The number of aryl methyl sites for hydroxylation is 1. The minimum Gasteiger partial charge on any atom is -0.494 e. The molecule has 1 atom stereocenters. The Labute approximate surface area is 186 Å². The molecule has 1 unspecified atom stereocenters. The third-order valence-corrected chi connectivity index (χ3v) is 6.27. The van der Waals surface area contributed by atoms with Gasteiger partial charge in [-0.2, -0.15) is 0 Å². The number of unbranched alkanes of at least 4 members (excludes halogenated alkanes) is 1. The van der Waals surface area contributed by atoms with Crippen LogP contribution in [0.15, 0.2) is 60.0 Å². The van der Waals surface area contributed by atoms with E-state index >= 15 is 0 Å². The van der Waals surface area contributed by atoms with Crippen LogP contribution in [0.2, 0.25) is 0 Å². The molecule has 160 valence electrons. The van der Waals surface area contributed by atoms with Crippen molar-refractivity contribution in [2.75, 3.05) is 18.5 Å². The molecule has 0 aliphatic carbocycles. The first-order chi connectivity index (χ1) is 15.1. The van der Waals surface area contributed by atoms with E-state index in [0.29, 0.717) is 12.2 Å². The summed E-state index contributed by atoms with van der Waals surface area (Å²) in [6, 6.07) is 16.8. The van der Waals surface area contributed by atoms with Gasteiger partial charge in [0.05, 0.1) is 12.6 Å². The zero-order chi connectivity index (χ0) is 21.8. The van der Waals surface area contributed by atoms with Crippen molar-refractivity contribution in [3.05, 3.63) is 81.5 Å². The van der Waals surface area contributed by atoms with Crippen molar-refractivity contribution in [1.29, 1.82) is 0 Å². The van der Waals surface area contributed by atoms with Crippen molar-refractivity contribution >= 4 is 28.8 Å². The Bertz CT molecular complexity index is 1060. The number of thiophene rings is 1. The Morgan fingerprint density at radius 3 is 2.71 bits per heavy atom. The molecule has 3 aromatic rings. The van der Waals surface area contributed by atoms with Crippen LogP contribution in [0.4, 0.5) is 5.69 Å². The van der Waals surface area contributed by atoms with Crippen molar-refractivity contribution in [3.63, 3.8) is 0 Å². The molecular formula is C25H26N2O3S. The predicted molar refractivity (Wildman–Crippen MR) is 124 cm³/mol. The van der Waals surface area contributed by atoms with Gasteiger partial charge in [-0.15, -0.1) is 11.3 Å². The number of nitrogens with one attached hydrogen (secondary N) is 1. The zero-order valence-corrected chi connectivity index (χ0v) is 18.6. The maximum atomic E-state index is 13.6. The number of carbonyl (C=O) groups is 2. The van der Waals surface area contributed by atoms with Crippen LogP contribution in [0.25, 0.3) is 0 Å². The highest BCUT2D eigenvalue weighted by molar-refractivity contribution is 7.10. The summed E-state index contributed by atoms with van der Waals surface area (Å²) in [7, 11) is 0. The third kappa shape index (κ3) is 4.64. The summed E-state index contributed by atoms with van der Waals surface area (Å²) >= 11 is 1.59. The van der Waals surface area contributed by atoms with Gasteiger partial charge in [-0.25, -0.2) is 0 Å². The predicted octanol–water partition coefficient (Wildman–Crippen LogP) is 5.42. The lowest BCUT2D eigenvalue weighted by Gasteiger charge is -2.29.